The Balaban J connectivity index is 2.55. The van der Waals surface area contributed by atoms with Crippen molar-refractivity contribution in [3.05, 3.63) is 30.3 Å². The largest absolute Gasteiger partial charge is 0.527 e. The molecule has 0 aliphatic heterocycles. The molecule has 0 amide bonds. The molecule has 0 heterocycles. The van der Waals surface area contributed by atoms with Crippen molar-refractivity contribution in [3.63, 3.8) is 0 Å². The van der Waals surface area contributed by atoms with Gasteiger partial charge in [-0.1, -0.05) is 44.4 Å². The van der Waals surface area contributed by atoms with E-state index in [9.17, 15) is 9.46 Å². The quantitative estimate of drug-likeness (QED) is 0.563. The summed E-state index contributed by atoms with van der Waals surface area (Å²) in [6.07, 6.45) is 3.88. The minimum Gasteiger partial charge on any atom is -0.404 e. The van der Waals surface area contributed by atoms with Gasteiger partial charge in [-0.2, -0.15) is 0 Å². The molecule has 1 rings (SSSR count). The molecule has 0 saturated heterocycles. The summed E-state index contributed by atoms with van der Waals surface area (Å²) < 4.78 is 22.2. The molecule has 1 N–H and O–H groups in total. The third-order valence-corrected chi connectivity index (χ3v) is 3.88. The maximum absolute atomic E-state index is 11.9. The van der Waals surface area contributed by atoms with Crippen LogP contribution in [0.15, 0.2) is 30.3 Å². The van der Waals surface area contributed by atoms with Crippen molar-refractivity contribution in [2.45, 2.75) is 52.1 Å². The highest BCUT2D eigenvalue weighted by Gasteiger charge is 2.32. The third-order valence-electron chi connectivity index (χ3n) is 2.71. The van der Waals surface area contributed by atoms with E-state index in [2.05, 4.69) is 6.92 Å². The first kappa shape index (κ1) is 16.2. The van der Waals surface area contributed by atoms with Crippen LogP contribution >= 0.6 is 7.82 Å². The zero-order valence-corrected chi connectivity index (χ0v) is 12.7. The molecule has 19 heavy (non-hydrogen) atoms. The van der Waals surface area contributed by atoms with Crippen molar-refractivity contribution in [1.29, 1.82) is 0 Å². The maximum Gasteiger partial charge on any atom is 0.527 e. The fraction of sp³-hybridized carbons (Fsp3) is 0.571. The number of phosphoric ester groups is 1. The van der Waals surface area contributed by atoms with Crippen molar-refractivity contribution >= 4 is 7.82 Å². The highest BCUT2D eigenvalue weighted by molar-refractivity contribution is 7.47. The smallest absolute Gasteiger partial charge is 0.404 e. The lowest BCUT2D eigenvalue weighted by atomic mass is 10.0. The molecular formula is C14H23O4P. The van der Waals surface area contributed by atoms with E-state index >= 15 is 0 Å². The summed E-state index contributed by atoms with van der Waals surface area (Å²) in [7, 11) is -4.08. The second kappa shape index (κ2) is 7.09. The summed E-state index contributed by atoms with van der Waals surface area (Å²) in [6.45, 7) is 5.73. The molecule has 1 aromatic rings. The van der Waals surface area contributed by atoms with E-state index in [0.29, 0.717) is 5.75 Å². The Kier molecular flexibility index (Phi) is 6.05. The van der Waals surface area contributed by atoms with Gasteiger partial charge < -0.3 is 4.52 Å². The van der Waals surface area contributed by atoms with Gasteiger partial charge in [0.25, 0.3) is 0 Å². The monoisotopic (exact) mass is 286 g/mol. The number of phosphoric acid groups is 1. The zero-order chi connectivity index (χ0) is 14.4. The second-order valence-corrected chi connectivity index (χ2v) is 6.48. The van der Waals surface area contributed by atoms with E-state index in [1.165, 1.54) is 0 Å². The van der Waals surface area contributed by atoms with Gasteiger partial charge in [-0.15, -0.1) is 0 Å². The summed E-state index contributed by atoms with van der Waals surface area (Å²) in [4.78, 5) is 9.77. The predicted molar refractivity (Wildman–Crippen MR) is 76.2 cm³/mol. The summed E-state index contributed by atoms with van der Waals surface area (Å²) >= 11 is 0. The molecule has 1 atom stereocenters. The number of unbranched alkanes of at least 4 members (excludes halogenated alkanes) is 2. The average Bonchev–Trinajstić information content (AvgIpc) is 2.28. The Hall–Kier alpha value is -0.830. The van der Waals surface area contributed by atoms with E-state index in [0.717, 1.165) is 25.7 Å². The Morgan fingerprint density at radius 2 is 1.84 bits per heavy atom. The Bertz CT molecular complexity index is 417. The lowest BCUT2D eigenvalue weighted by molar-refractivity contribution is 0.0589. The van der Waals surface area contributed by atoms with Crippen molar-refractivity contribution < 1.29 is 18.5 Å². The van der Waals surface area contributed by atoms with Crippen LogP contribution in [0.1, 0.15) is 46.5 Å². The van der Waals surface area contributed by atoms with Crippen LogP contribution in [0.5, 0.6) is 5.75 Å². The molecule has 0 spiro atoms. The topological polar surface area (TPSA) is 55.8 Å². The summed E-state index contributed by atoms with van der Waals surface area (Å²) in [5, 5.41) is 0. The molecule has 0 aliphatic rings. The molecular weight excluding hydrogens is 263 g/mol. The fourth-order valence-corrected chi connectivity index (χ4v) is 2.93. The number of hydrogen-bond acceptors (Lipinski definition) is 3. The average molecular weight is 286 g/mol. The molecule has 0 saturated carbocycles. The van der Waals surface area contributed by atoms with Crippen LogP contribution in [0, 0.1) is 0 Å². The molecule has 0 fully saturated rings. The van der Waals surface area contributed by atoms with Gasteiger partial charge in [-0.25, -0.2) is 4.57 Å². The highest BCUT2D eigenvalue weighted by Crippen LogP contribution is 2.48. The van der Waals surface area contributed by atoms with Gasteiger partial charge in [0.15, 0.2) is 0 Å². The standard InChI is InChI=1S/C14H23O4P/c1-4-5-9-12-14(2,3)18-19(15,16)17-13-10-7-6-8-11-13/h6-8,10-11H,4-5,9,12H2,1-3H3,(H,15,16). The van der Waals surface area contributed by atoms with Crippen molar-refractivity contribution in [2.24, 2.45) is 0 Å². The van der Waals surface area contributed by atoms with E-state index < -0.39 is 13.4 Å². The van der Waals surface area contributed by atoms with Crippen molar-refractivity contribution in [3.8, 4) is 5.75 Å². The molecule has 1 aromatic carbocycles. The number of hydrogen-bond donors (Lipinski definition) is 1. The van der Waals surface area contributed by atoms with Crippen LogP contribution in [-0.4, -0.2) is 10.5 Å². The van der Waals surface area contributed by atoms with Crippen LogP contribution in [-0.2, 0) is 9.09 Å². The molecule has 0 radical (unpaired) electrons. The van der Waals surface area contributed by atoms with E-state index in [1.807, 2.05) is 6.07 Å². The predicted octanol–water partition coefficient (Wildman–Crippen LogP) is 4.54. The fourth-order valence-electron chi connectivity index (χ4n) is 1.79. The first-order valence-corrected chi connectivity index (χ1v) is 8.12. The Morgan fingerprint density at radius 3 is 2.42 bits per heavy atom. The zero-order valence-electron chi connectivity index (χ0n) is 11.8. The van der Waals surface area contributed by atoms with Gasteiger partial charge in [-0.3, -0.25) is 9.42 Å². The van der Waals surface area contributed by atoms with Crippen LogP contribution in [0.3, 0.4) is 0 Å². The maximum atomic E-state index is 11.9. The SMILES string of the molecule is CCCCCC(C)(C)OP(=O)(O)Oc1ccccc1. The summed E-state index contributed by atoms with van der Waals surface area (Å²) in [5.41, 5.74) is -0.672. The minimum atomic E-state index is -4.08. The van der Waals surface area contributed by atoms with Gasteiger partial charge in [0.1, 0.15) is 5.75 Å². The van der Waals surface area contributed by atoms with Crippen LogP contribution in [0.25, 0.3) is 0 Å². The number of para-hydroxylation sites is 1. The Morgan fingerprint density at radius 1 is 1.21 bits per heavy atom. The first-order chi connectivity index (χ1) is 8.85. The van der Waals surface area contributed by atoms with Crippen LogP contribution in [0.4, 0.5) is 0 Å². The van der Waals surface area contributed by atoms with Crippen molar-refractivity contribution in [2.75, 3.05) is 0 Å². The summed E-state index contributed by atoms with van der Waals surface area (Å²) in [5.74, 6) is 0.331. The van der Waals surface area contributed by atoms with Gasteiger partial charge in [0.2, 0.25) is 0 Å². The molecule has 0 bridgehead atoms. The molecule has 1 unspecified atom stereocenters. The normalized spacial score (nSPS) is 14.9. The minimum absolute atomic E-state index is 0.331. The van der Waals surface area contributed by atoms with Crippen molar-refractivity contribution in [1.82, 2.24) is 0 Å². The molecule has 0 aliphatic carbocycles. The number of benzene rings is 1. The molecule has 5 heteroatoms. The first-order valence-electron chi connectivity index (χ1n) is 6.63. The van der Waals surface area contributed by atoms with Gasteiger partial charge >= 0.3 is 7.82 Å². The lowest BCUT2D eigenvalue weighted by Crippen LogP contribution is -2.23. The van der Waals surface area contributed by atoms with Crippen LogP contribution in [0.2, 0.25) is 0 Å². The highest BCUT2D eigenvalue weighted by atomic mass is 31.2. The van der Waals surface area contributed by atoms with Crippen LogP contribution < -0.4 is 4.52 Å². The summed E-state index contributed by atoms with van der Waals surface area (Å²) in [6, 6.07) is 8.53. The van der Waals surface area contributed by atoms with Gasteiger partial charge in [0, 0.05) is 0 Å². The third kappa shape index (κ3) is 6.76. The number of rotatable bonds is 8. The van der Waals surface area contributed by atoms with Gasteiger partial charge in [0.05, 0.1) is 5.60 Å². The second-order valence-electron chi connectivity index (χ2n) is 5.18. The van der Waals surface area contributed by atoms with E-state index in [1.54, 1.807) is 38.1 Å². The van der Waals surface area contributed by atoms with Gasteiger partial charge in [-0.05, 0) is 32.4 Å². The Labute approximate surface area is 115 Å². The van der Waals surface area contributed by atoms with E-state index in [-0.39, 0.29) is 0 Å². The molecule has 108 valence electrons. The molecule has 4 nitrogen and oxygen atoms in total. The molecule has 0 aromatic heterocycles. The van der Waals surface area contributed by atoms with E-state index in [4.69, 9.17) is 9.05 Å². The lowest BCUT2D eigenvalue weighted by Gasteiger charge is -2.27.